The summed E-state index contributed by atoms with van der Waals surface area (Å²) >= 11 is 1.52. The number of aromatic nitrogens is 1. The van der Waals surface area contributed by atoms with Gasteiger partial charge in [0.05, 0.1) is 17.1 Å². The van der Waals surface area contributed by atoms with E-state index in [4.69, 9.17) is 0 Å². The highest BCUT2D eigenvalue weighted by Crippen LogP contribution is 2.17. The van der Waals surface area contributed by atoms with Crippen molar-refractivity contribution in [2.75, 3.05) is 26.2 Å². The summed E-state index contributed by atoms with van der Waals surface area (Å²) in [4.78, 5) is 33.5. The van der Waals surface area contributed by atoms with Gasteiger partial charge in [-0.1, -0.05) is 42.5 Å². The molecule has 3 aromatic rings. The van der Waals surface area contributed by atoms with Crippen LogP contribution in [0.2, 0.25) is 0 Å². The highest BCUT2D eigenvalue weighted by Gasteiger charge is 2.24. The number of hydrogen-bond acceptors (Lipinski definition) is 4. The van der Waals surface area contributed by atoms with Gasteiger partial charge in [-0.3, -0.25) is 9.59 Å². The molecule has 0 bridgehead atoms. The molecule has 33 heavy (non-hydrogen) atoms. The highest BCUT2D eigenvalue weighted by atomic mass is 32.1. The Hall–Kier alpha value is -3.06. The third kappa shape index (κ3) is 6.71. The van der Waals surface area contributed by atoms with Crippen molar-refractivity contribution in [3.63, 3.8) is 0 Å². The molecule has 1 fully saturated rings. The number of hydrogen-bond donors (Lipinski definition) is 0. The molecule has 0 spiro atoms. The fourth-order valence-electron chi connectivity index (χ4n) is 4.01. The second-order valence-electron chi connectivity index (χ2n) is 8.31. The molecular weight excluding hydrogens is 437 g/mol. The van der Waals surface area contributed by atoms with Gasteiger partial charge in [0.1, 0.15) is 5.82 Å². The van der Waals surface area contributed by atoms with Crippen LogP contribution < -0.4 is 0 Å². The largest absolute Gasteiger partial charge is 0.339 e. The normalized spacial score (nSPS) is 13.8. The van der Waals surface area contributed by atoms with Crippen molar-refractivity contribution in [3.05, 3.63) is 87.6 Å². The molecule has 4 rings (SSSR count). The molecule has 2 heterocycles. The van der Waals surface area contributed by atoms with Crippen LogP contribution in [0.5, 0.6) is 0 Å². The standard InChI is InChI=1S/C26H28FN3O2S/c27-22-11-9-21(10-12-22)17-24-28-23(19-33-24)18-26(32)30-15-13-29(14-16-30)25(31)8-4-7-20-5-2-1-3-6-20/h1-3,5-6,9-12,19H,4,7-8,13-18H2. The Morgan fingerprint density at radius 3 is 2.24 bits per heavy atom. The molecular formula is C26H28FN3O2S. The molecule has 0 radical (unpaired) electrons. The van der Waals surface area contributed by atoms with Crippen molar-refractivity contribution in [2.45, 2.75) is 32.1 Å². The fraction of sp³-hybridized carbons (Fsp3) is 0.346. The van der Waals surface area contributed by atoms with E-state index in [1.54, 1.807) is 12.1 Å². The molecule has 1 saturated heterocycles. The molecule has 0 N–H and O–H groups in total. The molecule has 7 heteroatoms. The van der Waals surface area contributed by atoms with Gasteiger partial charge in [-0.05, 0) is 36.1 Å². The lowest BCUT2D eigenvalue weighted by Crippen LogP contribution is -2.51. The first kappa shape index (κ1) is 23.1. The van der Waals surface area contributed by atoms with Crippen LogP contribution >= 0.6 is 11.3 Å². The second kappa shape index (κ2) is 11.2. The van der Waals surface area contributed by atoms with Crippen LogP contribution in [0.15, 0.2) is 60.0 Å². The average molecular weight is 466 g/mol. The van der Waals surface area contributed by atoms with E-state index in [0.717, 1.165) is 29.1 Å². The lowest BCUT2D eigenvalue weighted by Gasteiger charge is -2.34. The third-order valence-corrected chi connectivity index (χ3v) is 6.78. The smallest absolute Gasteiger partial charge is 0.228 e. The summed E-state index contributed by atoms with van der Waals surface area (Å²) in [5.74, 6) is -0.0362. The van der Waals surface area contributed by atoms with Crippen LogP contribution in [-0.4, -0.2) is 52.8 Å². The molecule has 2 aromatic carbocycles. The minimum atomic E-state index is -0.252. The Morgan fingerprint density at radius 1 is 0.879 bits per heavy atom. The molecule has 1 aliphatic rings. The molecule has 0 atom stereocenters. The number of piperazine rings is 1. The number of thiazole rings is 1. The first-order valence-corrected chi connectivity index (χ1v) is 12.2. The molecule has 0 aliphatic carbocycles. The maximum atomic E-state index is 13.1. The van der Waals surface area contributed by atoms with E-state index < -0.39 is 0 Å². The van der Waals surface area contributed by atoms with Crippen molar-refractivity contribution in [3.8, 4) is 0 Å². The van der Waals surface area contributed by atoms with Gasteiger partial charge in [0, 0.05) is 44.4 Å². The zero-order valence-corrected chi connectivity index (χ0v) is 19.4. The number of carbonyl (C=O) groups excluding carboxylic acids is 2. The summed E-state index contributed by atoms with van der Waals surface area (Å²) < 4.78 is 13.1. The summed E-state index contributed by atoms with van der Waals surface area (Å²) in [7, 11) is 0. The van der Waals surface area contributed by atoms with Gasteiger partial charge in [-0.15, -0.1) is 11.3 Å². The quantitative estimate of drug-likeness (QED) is 0.503. The van der Waals surface area contributed by atoms with E-state index in [9.17, 15) is 14.0 Å². The molecule has 5 nitrogen and oxygen atoms in total. The molecule has 172 valence electrons. The minimum Gasteiger partial charge on any atom is -0.339 e. The number of nitrogens with zero attached hydrogens (tertiary/aromatic N) is 3. The van der Waals surface area contributed by atoms with E-state index >= 15 is 0 Å². The molecule has 2 amide bonds. The SMILES string of the molecule is O=C(CCCc1ccccc1)N1CCN(C(=O)Cc2csc(Cc3ccc(F)cc3)n2)CC1. The van der Waals surface area contributed by atoms with Crippen molar-refractivity contribution >= 4 is 23.2 Å². The van der Waals surface area contributed by atoms with Crippen LogP contribution in [0.1, 0.15) is 34.7 Å². The molecule has 1 aliphatic heterocycles. The Labute approximate surface area is 197 Å². The number of halogens is 1. The third-order valence-electron chi connectivity index (χ3n) is 5.88. The maximum Gasteiger partial charge on any atom is 0.228 e. The summed E-state index contributed by atoms with van der Waals surface area (Å²) in [6.45, 7) is 2.30. The maximum absolute atomic E-state index is 13.1. The number of amides is 2. The van der Waals surface area contributed by atoms with Crippen molar-refractivity contribution < 1.29 is 14.0 Å². The topological polar surface area (TPSA) is 53.5 Å². The lowest BCUT2D eigenvalue weighted by molar-refractivity contribution is -0.139. The molecule has 1 aromatic heterocycles. The van der Waals surface area contributed by atoms with Gasteiger partial charge < -0.3 is 9.80 Å². The number of aryl methyl sites for hydroxylation is 1. The van der Waals surface area contributed by atoms with Crippen molar-refractivity contribution in [1.82, 2.24) is 14.8 Å². The second-order valence-corrected chi connectivity index (χ2v) is 9.26. The van der Waals surface area contributed by atoms with Gasteiger partial charge in [0.25, 0.3) is 0 Å². The van der Waals surface area contributed by atoms with E-state index in [1.807, 2.05) is 33.4 Å². The Bertz CT molecular complexity index is 1060. The minimum absolute atomic E-state index is 0.0461. The van der Waals surface area contributed by atoms with E-state index in [-0.39, 0.29) is 24.1 Å². The van der Waals surface area contributed by atoms with Gasteiger partial charge >= 0.3 is 0 Å². The van der Waals surface area contributed by atoms with Gasteiger partial charge in [-0.25, -0.2) is 9.37 Å². The zero-order valence-electron chi connectivity index (χ0n) is 18.6. The van der Waals surface area contributed by atoms with Crippen LogP contribution in [0.3, 0.4) is 0 Å². The number of benzene rings is 2. The van der Waals surface area contributed by atoms with Crippen LogP contribution in [0.4, 0.5) is 4.39 Å². The van der Waals surface area contributed by atoms with Gasteiger partial charge in [0.15, 0.2) is 0 Å². The predicted molar refractivity (Wildman–Crippen MR) is 128 cm³/mol. The van der Waals surface area contributed by atoms with Crippen molar-refractivity contribution in [1.29, 1.82) is 0 Å². The molecule has 0 saturated carbocycles. The first-order valence-electron chi connectivity index (χ1n) is 11.3. The number of rotatable bonds is 8. The van der Waals surface area contributed by atoms with Crippen LogP contribution in [0, 0.1) is 5.82 Å². The van der Waals surface area contributed by atoms with Gasteiger partial charge in [-0.2, -0.15) is 0 Å². The van der Waals surface area contributed by atoms with E-state index in [2.05, 4.69) is 17.1 Å². The number of carbonyl (C=O) groups is 2. The Balaban J connectivity index is 1.19. The fourth-order valence-corrected chi connectivity index (χ4v) is 4.83. The Morgan fingerprint density at radius 2 is 1.55 bits per heavy atom. The summed E-state index contributed by atoms with van der Waals surface area (Å²) in [6.07, 6.45) is 3.18. The monoisotopic (exact) mass is 465 g/mol. The average Bonchev–Trinajstić information content (AvgIpc) is 3.28. The predicted octanol–water partition coefficient (Wildman–Crippen LogP) is 4.11. The van der Waals surface area contributed by atoms with Crippen LogP contribution in [-0.2, 0) is 28.9 Å². The van der Waals surface area contributed by atoms with Crippen LogP contribution in [0.25, 0.3) is 0 Å². The summed E-state index contributed by atoms with van der Waals surface area (Å²) in [5, 5.41) is 2.83. The van der Waals surface area contributed by atoms with E-state index in [0.29, 0.717) is 39.0 Å². The first-order chi connectivity index (χ1) is 16.1. The summed E-state index contributed by atoms with van der Waals surface area (Å²) in [5.41, 5.74) is 3.01. The lowest BCUT2D eigenvalue weighted by atomic mass is 10.1. The zero-order chi connectivity index (χ0) is 23.0. The Kier molecular flexibility index (Phi) is 7.83. The summed E-state index contributed by atoms with van der Waals surface area (Å²) in [6, 6.07) is 16.6. The van der Waals surface area contributed by atoms with E-state index in [1.165, 1.54) is 29.0 Å². The van der Waals surface area contributed by atoms with Crippen molar-refractivity contribution in [2.24, 2.45) is 0 Å². The molecule has 0 unspecified atom stereocenters. The van der Waals surface area contributed by atoms with Gasteiger partial charge in [0.2, 0.25) is 11.8 Å². The highest BCUT2D eigenvalue weighted by molar-refractivity contribution is 7.09.